The van der Waals surface area contributed by atoms with Crippen LogP contribution in [0.5, 0.6) is 0 Å². The maximum atomic E-state index is 11.0. The van der Waals surface area contributed by atoms with Crippen LogP contribution in [0.25, 0.3) is 0 Å². The van der Waals surface area contributed by atoms with Gasteiger partial charge >= 0.3 is 0 Å². The Hall–Kier alpha value is -1.30. The number of hydrogen-bond donors (Lipinski definition) is 4. The van der Waals surface area contributed by atoms with Crippen molar-refractivity contribution in [1.82, 2.24) is 10.7 Å². The quantitative estimate of drug-likeness (QED) is 0.171. The maximum Gasteiger partial charge on any atom is 0.242 e. The molecule has 1 aliphatic rings. The summed E-state index contributed by atoms with van der Waals surface area (Å²) in [7, 11) is 0. The lowest BCUT2D eigenvalue weighted by Gasteiger charge is -2.00. The van der Waals surface area contributed by atoms with Crippen molar-refractivity contribution in [2.45, 2.75) is 18.9 Å². The van der Waals surface area contributed by atoms with Gasteiger partial charge in [0.15, 0.2) is 0 Å². The van der Waals surface area contributed by atoms with Gasteiger partial charge in [-0.3, -0.25) is 10.2 Å². The van der Waals surface area contributed by atoms with E-state index in [9.17, 15) is 4.79 Å². The molecule has 1 rings (SSSR count). The van der Waals surface area contributed by atoms with E-state index in [0.717, 1.165) is 12.8 Å². The van der Waals surface area contributed by atoms with Gasteiger partial charge < -0.3 is 11.1 Å². The van der Waals surface area contributed by atoms with E-state index < -0.39 is 0 Å². The number of hydrogen-bond acceptors (Lipinski definition) is 3. The Balaban J connectivity index is 2.16. The third-order valence-electron chi connectivity index (χ3n) is 1.48. The minimum absolute atomic E-state index is 0.0343. The summed E-state index contributed by atoms with van der Waals surface area (Å²) in [6.45, 7) is 0.0343. The van der Waals surface area contributed by atoms with Gasteiger partial charge in [0, 0.05) is 6.04 Å². The van der Waals surface area contributed by atoms with Gasteiger partial charge in [-0.05, 0) is 12.8 Å². The Morgan fingerprint density at radius 2 is 2.25 bits per heavy atom. The lowest BCUT2D eigenvalue weighted by Crippen LogP contribution is -2.38. The lowest BCUT2D eigenvalue weighted by molar-refractivity contribution is -0.119. The fourth-order valence-electron chi connectivity index (χ4n) is 0.704. The molecule has 12 heavy (non-hydrogen) atoms. The largest absolute Gasteiger partial charge is 0.369 e. The molecule has 0 aromatic rings. The van der Waals surface area contributed by atoms with E-state index in [1.807, 2.05) is 0 Å². The minimum Gasteiger partial charge on any atom is -0.369 e. The van der Waals surface area contributed by atoms with Gasteiger partial charge in [-0.15, -0.1) is 0 Å². The van der Waals surface area contributed by atoms with E-state index in [-0.39, 0.29) is 18.4 Å². The van der Waals surface area contributed by atoms with Gasteiger partial charge in [-0.25, -0.2) is 10.8 Å². The zero-order chi connectivity index (χ0) is 8.97. The van der Waals surface area contributed by atoms with Crippen LogP contribution in [-0.4, -0.2) is 24.5 Å². The van der Waals surface area contributed by atoms with Crippen LogP contribution in [0.3, 0.4) is 0 Å². The van der Waals surface area contributed by atoms with Crippen molar-refractivity contribution in [2.75, 3.05) is 6.54 Å². The van der Waals surface area contributed by atoms with Gasteiger partial charge in [-0.2, -0.15) is 0 Å². The van der Waals surface area contributed by atoms with Crippen molar-refractivity contribution in [3.05, 3.63) is 0 Å². The predicted octanol–water partition coefficient (Wildman–Crippen LogP) is -1.96. The first-order chi connectivity index (χ1) is 5.72. The number of nitrogens with one attached hydrogen (secondary N) is 2. The molecule has 1 fully saturated rings. The van der Waals surface area contributed by atoms with E-state index in [4.69, 9.17) is 11.6 Å². The highest BCUT2D eigenvalue weighted by molar-refractivity contribution is 5.83. The number of amides is 1. The van der Waals surface area contributed by atoms with Crippen molar-refractivity contribution in [3.8, 4) is 0 Å². The van der Waals surface area contributed by atoms with E-state index in [1.165, 1.54) is 0 Å². The lowest BCUT2D eigenvalue weighted by atomic mass is 10.5. The van der Waals surface area contributed by atoms with Crippen LogP contribution < -0.4 is 22.3 Å². The first-order valence-corrected chi connectivity index (χ1v) is 3.78. The number of hydrazine groups is 1. The van der Waals surface area contributed by atoms with E-state index in [0.29, 0.717) is 6.04 Å². The molecular formula is C6H13N5O. The Morgan fingerprint density at radius 1 is 1.58 bits per heavy atom. The molecule has 1 aliphatic carbocycles. The highest BCUT2D eigenvalue weighted by atomic mass is 16.2. The molecule has 0 aromatic heterocycles. The molecule has 0 aliphatic heterocycles. The number of nitrogens with zero attached hydrogens (tertiary/aromatic N) is 1. The van der Waals surface area contributed by atoms with Crippen LogP contribution in [0.15, 0.2) is 4.99 Å². The molecule has 0 radical (unpaired) electrons. The molecule has 0 saturated heterocycles. The second-order valence-electron chi connectivity index (χ2n) is 2.69. The second-order valence-corrected chi connectivity index (χ2v) is 2.69. The van der Waals surface area contributed by atoms with Crippen molar-refractivity contribution in [1.29, 1.82) is 0 Å². The van der Waals surface area contributed by atoms with E-state index in [1.54, 1.807) is 0 Å². The summed E-state index contributed by atoms with van der Waals surface area (Å²) < 4.78 is 0. The Kier molecular flexibility index (Phi) is 2.87. The summed E-state index contributed by atoms with van der Waals surface area (Å²) in [5.41, 5.74) is 7.34. The smallest absolute Gasteiger partial charge is 0.242 e. The molecule has 1 saturated carbocycles. The number of rotatable bonds is 3. The molecular weight excluding hydrogens is 158 g/mol. The minimum atomic E-state index is -0.115. The number of carbonyl (C=O) groups excluding carboxylic acids is 1. The van der Waals surface area contributed by atoms with Gasteiger partial charge in [0.1, 0.15) is 6.54 Å². The predicted molar refractivity (Wildman–Crippen MR) is 45.0 cm³/mol. The maximum absolute atomic E-state index is 11.0. The molecule has 6 nitrogen and oxygen atoms in total. The van der Waals surface area contributed by atoms with Crippen molar-refractivity contribution in [3.63, 3.8) is 0 Å². The van der Waals surface area contributed by atoms with E-state index >= 15 is 0 Å². The van der Waals surface area contributed by atoms with Gasteiger partial charge in [0.25, 0.3) is 0 Å². The third kappa shape index (κ3) is 3.20. The average molecular weight is 171 g/mol. The number of carbonyl (C=O) groups is 1. The summed E-state index contributed by atoms with van der Waals surface area (Å²) in [6, 6.07) is 0.361. The van der Waals surface area contributed by atoms with Crippen molar-refractivity contribution < 1.29 is 4.79 Å². The van der Waals surface area contributed by atoms with Gasteiger partial charge in [0.05, 0.1) is 0 Å². The first kappa shape index (κ1) is 8.79. The van der Waals surface area contributed by atoms with E-state index in [2.05, 4.69) is 15.7 Å². The number of guanidine groups is 1. The van der Waals surface area contributed by atoms with Crippen LogP contribution in [0.2, 0.25) is 0 Å². The Labute approximate surface area is 70.4 Å². The summed E-state index contributed by atoms with van der Waals surface area (Å²) in [5, 5.41) is 2.76. The Morgan fingerprint density at radius 3 is 2.75 bits per heavy atom. The molecule has 0 unspecified atom stereocenters. The molecule has 0 heterocycles. The normalized spacial score (nSPS) is 17.2. The van der Waals surface area contributed by atoms with Crippen molar-refractivity contribution >= 4 is 11.9 Å². The summed E-state index contributed by atoms with van der Waals surface area (Å²) >= 11 is 0. The summed E-state index contributed by atoms with van der Waals surface area (Å²) in [5.74, 6) is 4.89. The topological polar surface area (TPSA) is 106 Å². The fraction of sp³-hybridized carbons (Fsp3) is 0.667. The highest BCUT2D eigenvalue weighted by Gasteiger charge is 2.22. The molecule has 0 atom stereocenters. The second kappa shape index (κ2) is 3.91. The van der Waals surface area contributed by atoms with Crippen LogP contribution in [-0.2, 0) is 4.79 Å². The molecule has 6 heteroatoms. The van der Waals surface area contributed by atoms with Gasteiger partial charge in [-0.1, -0.05) is 0 Å². The number of nitrogens with two attached hydrogens (primary N) is 2. The van der Waals surface area contributed by atoms with Gasteiger partial charge in [0.2, 0.25) is 11.9 Å². The molecule has 68 valence electrons. The standard InChI is InChI=1S/C6H13N5O/c7-6(11-8)9-3-5(12)10-4-1-2-4/h4H,1-3,8H2,(H,10,12)(H3,7,9,11). The van der Waals surface area contributed by atoms with Crippen LogP contribution >= 0.6 is 0 Å². The monoisotopic (exact) mass is 171 g/mol. The molecule has 0 spiro atoms. The zero-order valence-electron chi connectivity index (χ0n) is 6.71. The SMILES string of the molecule is NNC(N)=NCC(=O)NC1CC1. The molecule has 0 aromatic carbocycles. The molecule has 1 amide bonds. The van der Waals surface area contributed by atoms with Crippen LogP contribution in [0.4, 0.5) is 0 Å². The van der Waals surface area contributed by atoms with Crippen LogP contribution in [0.1, 0.15) is 12.8 Å². The summed E-state index contributed by atoms with van der Waals surface area (Å²) in [4.78, 5) is 14.6. The van der Waals surface area contributed by atoms with Crippen molar-refractivity contribution in [2.24, 2.45) is 16.6 Å². The average Bonchev–Trinajstić information content (AvgIpc) is 2.84. The fourth-order valence-corrected chi connectivity index (χ4v) is 0.704. The zero-order valence-corrected chi connectivity index (χ0v) is 6.71. The first-order valence-electron chi connectivity index (χ1n) is 3.78. The molecule has 0 bridgehead atoms. The number of aliphatic imine (C=N–C) groups is 1. The third-order valence-corrected chi connectivity index (χ3v) is 1.48. The molecule has 6 N–H and O–H groups in total. The Bertz CT molecular complexity index is 198. The van der Waals surface area contributed by atoms with Crippen LogP contribution in [0, 0.1) is 0 Å². The summed E-state index contributed by atoms with van der Waals surface area (Å²) in [6.07, 6.45) is 2.14. The highest BCUT2D eigenvalue weighted by Crippen LogP contribution is 2.18.